The van der Waals surface area contributed by atoms with Crippen LogP contribution in [0.3, 0.4) is 0 Å². The van der Waals surface area contributed by atoms with Crippen molar-refractivity contribution in [2.75, 3.05) is 0 Å². The molecule has 0 fully saturated rings. The van der Waals surface area contributed by atoms with Crippen molar-refractivity contribution in [3.8, 4) is 181 Å². The maximum absolute atomic E-state index is 5.84. The monoisotopic (exact) mass is 1490 g/mol. The molecule has 17 heterocycles. The highest BCUT2D eigenvalue weighted by Crippen LogP contribution is 2.48. The van der Waals surface area contributed by atoms with Crippen LogP contribution < -0.4 is 0 Å². The molecule has 4 aromatic carbocycles. The number of pyridine rings is 12. The smallest absolute Gasteiger partial charge is 0.0900 e. The van der Waals surface area contributed by atoms with Crippen molar-refractivity contribution in [1.29, 1.82) is 0 Å². The number of aromatic amines is 2. The topological polar surface area (TPSA) is 212 Å². The summed E-state index contributed by atoms with van der Waals surface area (Å²) >= 11 is 0. The Kier molecular flexibility index (Phi) is 16.7. The number of nitrogens with zero attached hydrogens (tertiary/aromatic N) is 14. The second-order valence-electron chi connectivity index (χ2n) is 29.3. The third kappa shape index (κ3) is 12.6. The van der Waals surface area contributed by atoms with E-state index in [4.69, 9.17) is 69.8 Å². The van der Waals surface area contributed by atoms with E-state index >= 15 is 0 Å². The number of aryl methyl sites for hydroxylation is 4. The van der Waals surface area contributed by atoms with Gasteiger partial charge in [-0.25, -0.2) is 29.9 Å². The Labute approximate surface area is 666 Å². The van der Waals surface area contributed by atoms with Gasteiger partial charge in [-0.15, -0.1) is 0 Å². The Morgan fingerprint density at radius 2 is 0.353 bits per heavy atom. The van der Waals surface area contributed by atoms with Crippen LogP contribution in [-0.2, 0) is 0 Å². The van der Waals surface area contributed by atoms with E-state index in [1.807, 2.05) is 146 Å². The van der Waals surface area contributed by atoms with Gasteiger partial charge in [-0.05, 0) is 313 Å². The number of aromatic nitrogens is 16. The maximum Gasteiger partial charge on any atom is 0.0900 e. The van der Waals surface area contributed by atoms with Crippen LogP contribution in [0.1, 0.15) is 22.3 Å². The molecule has 0 radical (unpaired) electrons. The summed E-state index contributed by atoms with van der Waals surface area (Å²) < 4.78 is 0. The van der Waals surface area contributed by atoms with E-state index in [1.54, 1.807) is 49.6 Å². The predicted octanol–water partition coefficient (Wildman–Crippen LogP) is 23.3. The van der Waals surface area contributed by atoms with Crippen LogP contribution in [0, 0.1) is 27.7 Å². The molecule has 8 bridgehead atoms. The van der Waals surface area contributed by atoms with Crippen LogP contribution in [0.15, 0.2) is 316 Å². The molecule has 2 aliphatic rings. The molecule has 0 aliphatic carbocycles. The van der Waals surface area contributed by atoms with Crippen molar-refractivity contribution in [2.24, 2.45) is 0 Å². The Bertz CT molecular complexity index is 6660. The standard InChI is InChI=1S/C100H66N16/c1-57-37-69-73(49-65(57)61-41-93(77-21-5-13-29-101-77)113-94(42-61)78-22-6-14-30-102-78)89-54-86-71-39-59(3)67(63-45-97(81-25-9-17-33-105-81)115-98(46-63)82-26-10-18-34-106-82)51-75(71)91(111-86)56-88-72-40-60(4)68(64-47-99(83-27-11-19-35-107-83)116-100(48-64)84-28-12-20-36-108-84)52-76(72)92(112-88)55-87-70-38-58(2)66(50-74(70)90(110-87)53-85(69)109-89)62-43-95(79-23-7-15-31-103-79)114-96(44-62)80-24-8-16-32-104-80/h5-56,109,112H,1-4H3. The minimum Gasteiger partial charge on any atom is -0.354 e. The van der Waals surface area contributed by atoms with Crippen LogP contribution in [-0.4, -0.2) is 79.7 Å². The Balaban J connectivity index is 0.854. The number of H-pyrrole nitrogens is 2. The molecule has 2 N–H and O–H groups in total. The molecule has 0 atom stereocenters. The van der Waals surface area contributed by atoms with Gasteiger partial charge >= 0.3 is 0 Å². The molecule has 16 nitrogen and oxygen atoms in total. The fourth-order valence-corrected chi connectivity index (χ4v) is 16.2. The molecule has 546 valence electrons. The summed E-state index contributed by atoms with van der Waals surface area (Å²) in [5, 5.41) is 3.95. The molecular weight excluding hydrogens is 1430 g/mol. The zero-order chi connectivity index (χ0) is 77.5. The van der Waals surface area contributed by atoms with Gasteiger partial charge in [-0.3, -0.25) is 39.9 Å². The summed E-state index contributed by atoms with van der Waals surface area (Å²) in [6.45, 7) is 8.73. The van der Waals surface area contributed by atoms with Gasteiger partial charge in [-0.1, -0.05) is 48.5 Å². The van der Waals surface area contributed by atoms with E-state index in [9.17, 15) is 0 Å². The van der Waals surface area contributed by atoms with Gasteiger partial charge < -0.3 is 9.97 Å². The summed E-state index contributed by atoms with van der Waals surface area (Å²) in [5.41, 5.74) is 34.3. The van der Waals surface area contributed by atoms with Crippen molar-refractivity contribution in [1.82, 2.24) is 79.7 Å². The first-order valence-corrected chi connectivity index (χ1v) is 38.4. The van der Waals surface area contributed by atoms with E-state index < -0.39 is 0 Å². The lowest BCUT2D eigenvalue weighted by Crippen LogP contribution is -1.95. The molecule has 116 heavy (non-hydrogen) atoms. The zero-order valence-corrected chi connectivity index (χ0v) is 63.3. The van der Waals surface area contributed by atoms with Crippen LogP contribution in [0.2, 0.25) is 0 Å². The molecule has 16 heteroatoms. The average Bonchev–Trinajstić information content (AvgIpc) is 1.58. The highest BCUT2D eigenvalue weighted by molar-refractivity contribution is 6.13. The number of hydrogen-bond acceptors (Lipinski definition) is 14. The highest BCUT2D eigenvalue weighted by atomic mass is 14.9. The van der Waals surface area contributed by atoms with Crippen molar-refractivity contribution < 1.29 is 0 Å². The lowest BCUT2D eigenvalue weighted by molar-refractivity contribution is 1.22. The van der Waals surface area contributed by atoms with Crippen molar-refractivity contribution in [2.45, 2.75) is 27.7 Å². The van der Waals surface area contributed by atoms with Crippen LogP contribution in [0.25, 0.3) is 224 Å². The minimum absolute atomic E-state index is 0.730. The highest BCUT2D eigenvalue weighted by Gasteiger charge is 2.27. The van der Waals surface area contributed by atoms with Gasteiger partial charge in [0.05, 0.1) is 114 Å². The largest absolute Gasteiger partial charge is 0.354 e. The maximum atomic E-state index is 5.84. The molecule has 2 aliphatic heterocycles. The Hall–Kier alpha value is -15.7. The molecule has 0 saturated heterocycles. The number of benzene rings is 4. The molecule has 0 saturated carbocycles. The van der Waals surface area contributed by atoms with Gasteiger partial charge in [0.1, 0.15) is 0 Å². The fraction of sp³-hybridized carbons (Fsp3) is 0.0400. The lowest BCUT2D eigenvalue weighted by Gasteiger charge is -2.13. The molecule has 0 amide bonds. The average molecular weight is 1490 g/mol. The SMILES string of the molecule is Cc1cc2c(cc1-c1cc(-c3ccccn3)nc(-c3ccccn3)c1)-c1cc3[nH]c(cc4nc(cc5[nH]c(cc-2n1)c1cc(-c2cc(-c6ccccn6)nc(-c6ccccn6)c2)c(C)cc51)-c1cc(-c2cc(-c5ccccn5)nc(-c5ccccn5)c2)c(C)cc1-4)c1cc(-c2cc(-c4ccccn4)nc(-c4ccccn4)c2)c(C)cc31. The van der Waals surface area contributed by atoms with E-state index in [-0.39, 0.29) is 0 Å². The van der Waals surface area contributed by atoms with Gasteiger partial charge in [0.2, 0.25) is 0 Å². The Morgan fingerprint density at radius 1 is 0.164 bits per heavy atom. The predicted molar refractivity (Wildman–Crippen MR) is 463 cm³/mol. The third-order valence-corrected chi connectivity index (χ3v) is 21.8. The number of fused-ring (bicyclic) bond motifs is 20. The summed E-state index contributed by atoms with van der Waals surface area (Å²) in [7, 11) is 0. The van der Waals surface area contributed by atoms with E-state index in [1.165, 1.54) is 0 Å². The Morgan fingerprint density at radius 3 is 0.569 bits per heavy atom. The van der Waals surface area contributed by atoms with E-state index in [0.717, 1.165) is 247 Å². The van der Waals surface area contributed by atoms with Gasteiger partial charge in [-0.2, -0.15) is 0 Å². The lowest BCUT2D eigenvalue weighted by atomic mass is 9.92. The van der Waals surface area contributed by atoms with Gasteiger partial charge in [0, 0.05) is 115 Å². The molecule has 19 aromatic rings. The van der Waals surface area contributed by atoms with Crippen LogP contribution in [0.5, 0.6) is 0 Å². The van der Waals surface area contributed by atoms with Crippen molar-refractivity contribution in [3.05, 3.63) is 339 Å². The number of nitrogens with one attached hydrogen (secondary N) is 2. The number of rotatable bonds is 12. The first-order chi connectivity index (χ1) is 57.0. The third-order valence-electron chi connectivity index (χ3n) is 21.8. The zero-order valence-electron chi connectivity index (χ0n) is 63.3. The van der Waals surface area contributed by atoms with Crippen LogP contribution >= 0.6 is 0 Å². The first kappa shape index (κ1) is 68.4. The van der Waals surface area contributed by atoms with Gasteiger partial charge in [0.25, 0.3) is 0 Å². The molecule has 0 unspecified atom stereocenters. The second kappa shape index (κ2) is 28.3. The normalized spacial score (nSPS) is 11.6. The summed E-state index contributed by atoms with van der Waals surface area (Å²) in [4.78, 5) is 79.2. The molecule has 0 spiro atoms. The van der Waals surface area contributed by atoms with E-state index in [2.05, 4.69) is 159 Å². The van der Waals surface area contributed by atoms with Crippen molar-refractivity contribution >= 4 is 43.6 Å². The first-order valence-electron chi connectivity index (χ1n) is 38.4. The molecular formula is C100H66N16. The number of hydrogen-bond donors (Lipinski definition) is 2. The minimum atomic E-state index is 0.730. The summed E-state index contributed by atoms with van der Waals surface area (Å²) in [6, 6.07) is 91.7. The second-order valence-corrected chi connectivity index (χ2v) is 29.3. The van der Waals surface area contributed by atoms with Crippen LogP contribution in [0.4, 0.5) is 0 Å². The molecule has 15 aromatic heterocycles. The molecule has 21 rings (SSSR count). The van der Waals surface area contributed by atoms with Gasteiger partial charge in [0.15, 0.2) is 0 Å². The summed E-state index contributed by atoms with van der Waals surface area (Å²) in [6.07, 6.45) is 14.4. The van der Waals surface area contributed by atoms with E-state index in [0.29, 0.717) is 0 Å². The quantitative estimate of drug-likeness (QED) is 0.117. The fourth-order valence-electron chi connectivity index (χ4n) is 16.2. The van der Waals surface area contributed by atoms with Crippen molar-refractivity contribution in [3.63, 3.8) is 0 Å². The summed E-state index contributed by atoms with van der Waals surface area (Å²) in [5.74, 6) is 0.